The first kappa shape index (κ1) is 14.7. The number of hydrogen-bond acceptors (Lipinski definition) is 4. The van der Waals surface area contributed by atoms with Gasteiger partial charge in [-0.3, -0.25) is 19.1 Å². The number of H-pyrrole nitrogens is 1. The standard InChI is InChI=1S/C16H19N3O3/c1-8(2)19-13-12(14(21)18-15(19)22)9-5-16(3,4)6-11(20)10(9)7-17-13/h7-8H,5-6H2,1-4H3,(H,18,21,22). The van der Waals surface area contributed by atoms with E-state index in [4.69, 9.17) is 0 Å². The molecule has 0 aromatic carbocycles. The topological polar surface area (TPSA) is 84.8 Å². The maximum absolute atomic E-state index is 12.3. The van der Waals surface area contributed by atoms with E-state index in [1.807, 2.05) is 27.7 Å². The van der Waals surface area contributed by atoms with Crippen LogP contribution < -0.4 is 11.2 Å². The van der Waals surface area contributed by atoms with Crippen LogP contribution in [0.25, 0.3) is 11.0 Å². The van der Waals surface area contributed by atoms with Crippen LogP contribution in [0.4, 0.5) is 0 Å². The maximum atomic E-state index is 12.3. The molecule has 6 nitrogen and oxygen atoms in total. The SMILES string of the molecule is CC(C)n1c(=O)[nH]c(=O)c2c3c(cnc21)C(=O)CC(C)(C)C3. The third-order valence-electron chi connectivity index (χ3n) is 4.17. The molecule has 3 rings (SSSR count). The Kier molecular flexibility index (Phi) is 3.09. The number of Topliss-reactive ketones (excluding diaryl/α,β-unsaturated/α-hetero) is 1. The zero-order chi connectivity index (χ0) is 16.2. The molecule has 0 spiro atoms. The number of nitrogens with one attached hydrogen (secondary N) is 1. The van der Waals surface area contributed by atoms with Gasteiger partial charge < -0.3 is 0 Å². The van der Waals surface area contributed by atoms with Crippen molar-refractivity contribution in [3.8, 4) is 0 Å². The molecule has 0 saturated carbocycles. The van der Waals surface area contributed by atoms with Crippen molar-refractivity contribution in [1.82, 2.24) is 14.5 Å². The predicted molar refractivity (Wildman–Crippen MR) is 83.4 cm³/mol. The van der Waals surface area contributed by atoms with Gasteiger partial charge >= 0.3 is 5.69 Å². The number of pyridine rings is 1. The van der Waals surface area contributed by atoms with Crippen molar-refractivity contribution in [1.29, 1.82) is 0 Å². The third-order valence-corrected chi connectivity index (χ3v) is 4.17. The average Bonchev–Trinajstić information content (AvgIpc) is 2.35. The molecule has 2 aromatic heterocycles. The fourth-order valence-electron chi connectivity index (χ4n) is 3.25. The third kappa shape index (κ3) is 2.10. The highest BCUT2D eigenvalue weighted by Crippen LogP contribution is 2.36. The van der Waals surface area contributed by atoms with Crippen molar-refractivity contribution < 1.29 is 4.79 Å². The van der Waals surface area contributed by atoms with Gasteiger partial charge in [0.2, 0.25) is 0 Å². The van der Waals surface area contributed by atoms with Crippen LogP contribution in [-0.4, -0.2) is 20.3 Å². The molecular formula is C16H19N3O3. The molecule has 1 N–H and O–H groups in total. The summed E-state index contributed by atoms with van der Waals surface area (Å²) in [4.78, 5) is 43.3. The summed E-state index contributed by atoms with van der Waals surface area (Å²) in [6.07, 6.45) is 2.56. The molecule has 0 aliphatic heterocycles. The lowest BCUT2D eigenvalue weighted by atomic mass is 9.73. The van der Waals surface area contributed by atoms with Crippen molar-refractivity contribution in [3.63, 3.8) is 0 Å². The smallest absolute Gasteiger partial charge is 0.294 e. The van der Waals surface area contributed by atoms with Crippen LogP contribution in [0, 0.1) is 5.41 Å². The van der Waals surface area contributed by atoms with Gasteiger partial charge in [-0.15, -0.1) is 0 Å². The van der Waals surface area contributed by atoms with Crippen LogP contribution in [0.5, 0.6) is 0 Å². The molecule has 0 amide bonds. The van der Waals surface area contributed by atoms with E-state index in [-0.39, 0.29) is 17.2 Å². The molecule has 0 atom stereocenters. The molecule has 0 saturated heterocycles. The Balaban J connectivity index is 2.48. The Morgan fingerprint density at radius 2 is 1.91 bits per heavy atom. The Morgan fingerprint density at radius 1 is 1.23 bits per heavy atom. The summed E-state index contributed by atoms with van der Waals surface area (Å²) in [6.45, 7) is 7.73. The molecule has 6 heteroatoms. The van der Waals surface area contributed by atoms with Crippen LogP contribution >= 0.6 is 0 Å². The Morgan fingerprint density at radius 3 is 2.55 bits per heavy atom. The average molecular weight is 301 g/mol. The van der Waals surface area contributed by atoms with E-state index in [1.165, 1.54) is 10.8 Å². The van der Waals surface area contributed by atoms with Crippen molar-refractivity contribution in [2.45, 2.75) is 46.6 Å². The molecule has 2 aromatic rings. The fraction of sp³-hybridized carbons (Fsp3) is 0.500. The number of carbonyl (C=O) groups is 1. The van der Waals surface area contributed by atoms with Crippen LogP contribution in [0.15, 0.2) is 15.8 Å². The molecule has 0 fully saturated rings. The van der Waals surface area contributed by atoms with E-state index in [2.05, 4.69) is 9.97 Å². The molecule has 2 heterocycles. The first-order chi connectivity index (χ1) is 10.2. The Hall–Kier alpha value is -2.24. The number of nitrogens with zero attached hydrogens (tertiary/aromatic N) is 2. The number of aromatic amines is 1. The van der Waals surface area contributed by atoms with E-state index < -0.39 is 11.2 Å². The highest BCUT2D eigenvalue weighted by atomic mass is 16.2. The summed E-state index contributed by atoms with van der Waals surface area (Å²) in [5.41, 5.74) is 0.429. The van der Waals surface area contributed by atoms with E-state index in [9.17, 15) is 14.4 Å². The van der Waals surface area contributed by atoms with E-state index in [0.29, 0.717) is 35.0 Å². The summed E-state index contributed by atoms with van der Waals surface area (Å²) in [7, 11) is 0. The zero-order valence-electron chi connectivity index (χ0n) is 13.2. The first-order valence-electron chi connectivity index (χ1n) is 7.41. The van der Waals surface area contributed by atoms with Crippen LogP contribution in [0.1, 0.15) is 56.1 Å². The monoisotopic (exact) mass is 301 g/mol. The molecule has 1 aliphatic carbocycles. The Labute approximate surface area is 127 Å². The van der Waals surface area contributed by atoms with Crippen molar-refractivity contribution in [3.05, 3.63) is 38.2 Å². The largest absolute Gasteiger partial charge is 0.330 e. The molecule has 0 unspecified atom stereocenters. The minimum Gasteiger partial charge on any atom is -0.294 e. The lowest BCUT2D eigenvalue weighted by molar-refractivity contribution is 0.0912. The lowest BCUT2D eigenvalue weighted by Gasteiger charge is -2.30. The van der Waals surface area contributed by atoms with Gasteiger partial charge in [0.15, 0.2) is 5.78 Å². The highest BCUT2D eigenvalue weighted by Gasteiger charge is 2.33. The second-order valence-corrected chi connectivity index (χ2v) is 7.01. The predicted octanol–water partition coefficient (Wildman–Crippen LogP) is 1.82. The number of aromatic nitrogens is 3. The summed E-state index contributed by atoms with van der Waals surface area (Å²) >= 11 is 0. The summed E-state index contributed by atoms with van der Waals surface area (Å²) < 4.78 is 1.46. The van der Waals surface area contributed by atoms with Gasteiger partial charge in [-0.2, -0.15) is 0 Å². The lowest BCUT2D eigenvalue weighted by Crippen LogP contribution is -2.35. The molecule has 0 bridgehead atoms. The van der Waals surface area contributed by atoms with Crippen LogP contribution in [0.3, 0.4) is 0 Å². The summed E-state index contributed by atoms with van der Waals surface area (Å²) in [5, 5.41) is 0.368. The number of carbonyl (C=O) groups excluding carboxylic acids is 1. The van der Waals surface area contributed by atoms with Gasteiger partial charge in [0.1, 0.15) is 5.65 Å². The molecule has 22 heavy (non-hydrogen) atoms. The molecule has 0 radical (unpaired) electrons. The number of hydrogen-bond donors (Lipinski definition) is 1. The van der Waals surface area contributed by atoms with Crippen molar-refractivity contribution >= 4 is 16.8 Å². The number of fused-ring (bicyclic) bond motifs is 3. The molecule has 116 valence electrons. The highest BCUT2D eigenvalue weighted by molar-refractivity contribution is 6.02. The van der Waals surface area contributed by atoms with Gasteiger partial charge in [0, 0.05) is 24.2 Å². The molecule has 1 aliphatic rings. The first-order valence-corrected chi connectivity index (χ1v) is 7.41. The summed E-state index contributed by atoms with van der Waals surface area (Å²) in [6, 6.07) is -0.135. The number of ketones is 1. The van der Waals surface area contributed by atoms with Crippen LogP contribution in [-0.2, 0) is 6.42 Å². The summed E-state index contributed by atoms with van der Waals surface area (Å²) in [5.74, 6) is 0.00217. The van der Waals surface area contributed by atoms with Gasteiger partial charge in [-0.05, 0) is 31.2 Å². The van der Waals surface area contributed by atoms with E-state index in [0.717, 1.165) is 0 Å². The van der Waals surface area contributed by atoms with Gasteiger partial charge in [-0.1, -0.05) is 13.8 Å². The zero-order valence-corrected chi connectivity index (χ0v) is 13.2. The van der Waals surface area contributed by atoms with Gasteiger partial charge in [-0.25, -0.2) is 9.78 Å². The van der Waals surface area contributed by atoms with Crippen molar-refractivity contribution in [2.24, 2.45) is 5.41 Å². The number of rotatable bonds is 1. The van der Waals surface area contributed by atoms with E-state index in [1.54, 1.807) is 0 Å². The normalized spacial score (nSPS) is 17.0. The van der Waals surface area contributed by atoms with Crippen LogP contribution in [0.2, 0.25) is 0 Å². The van der Waals surface area contributed by atoms with Crippen molar-refractivity contribution in [2.75, 3.05) is 0 Å². The van der Waals surface area contributed by atoms with E-state index >= 15 is 0 Å². The Bertz CT molecular complexity index is 903. The second-order valence-electron chi connectivity index (χ2n) is 7.01. The molecular weight excluding hydrogens is 282 g/mol. The van der Waals surface area contributed by atoms with Gasteiger partial charge in [0.05, 0.1) is 5.39 Å². The maximum Gasteiger partial charge on any atom is 0.330 e. The quantitative estimate of drug-likeness (QED) is 0.870. The van der Waals surface area contributed by atoms with Gasteiger partial charge in [0.25, 0.3) is 5.56 Å². The minimum absolute atomic E-state index is 0.00217. The fourth-order valence-corrected chi connectivity index (χ4v) is 3.25. The minimum atomic E-state index is -0.471. The second kappa shape index (κ2) is 4.63.